The molecule has 0 fully saturated rings. The van der Waals surface area contributed by atoms with Crippen molar-refractivity contribution < 1.29 is 9.53 Å². The Balaban J connectivity index is 1.63. The number of carbonyl (C=O) groups excluding carboxylic acids is 1. The first-order chi connectivity index (χ1) is 13.0. The van der Waals surface area contributed by atoms with Crippen LogP contribution in [0, 0.1) is 0 Å². The zero-order chi connectivity index (χ0) is 19.2. The van der Waals surface area contributed by atoms with Crippen LogP contribution in [0.1, 0.15) is 5.69 Å². The van der Waals surface area contributed by atoms with Crippen LogP contribution >= 0.6 is 0 Å². The minimum Gasteiger partial charge on any atom is -0.492 e. The van der Waals surface area contributed by atoms with Crippen molar-refractivity contribution in [3.8, 4) is 5.75 Å². The Morgan fingerprint density at radius 2 is 1.81 bits per heavy atom. The molecule has 1 amide bonds. The first-order valence-electron chi connectivity index (χ1n) is 8.66. The van der Waals surface area contributed by atoms with E-state index in [-0.39, 0.29) is 17.9 Å². The van der Waals surface area contributed by atoms with Crippen molar-refractivity contribution >= 4 is 22.4 Å². The molecule has 3 aromatic rings. The molecule has 7 nitrogen and oxygen atoms in total. The van der Waals surface area contributed by atoms with Crippen LogP contribution in [-0.4, -0.2) is 48.3 Å². The Morgan fingerprint density at radius 1 is 1.11 bits per heavy atom. The van der Waals surface area contributed by atoms with E-state index >= 15 is 0 Å². The highest BCUT2D eigenvalue weighted by atomic mass is 16.5. The van der Waals surface area contributed by atoms with Gasteiger partial charge in [-0.15, -0.1) is 0 Å². The van der Waals surface area contributed by atoms with Gasteiger partial charge in [-0.3, -0.25) is 9.59 Å². The molecule has 0 saturated heterocycles. The van der Waals surface area contributed by atoms with Crippen molar-refractivity contribution in [3.63, 3.8) is 0 Å². The molecule has 0 atom stereocenters. The normalized spacial score (nSPS) is 10.9. The second-order valence-electron chi connectivity index (χ2n) is 6.45. The summed E-state index contributed by atoms with van der Waals surface area (Å²) in [5, 5.41) is 10.5. The molecule has 1 heterocycles. The van der Waals surface area contributed by atoms with Crippen LogP contribution in [-0.2, 0) is 11.2 Å². The number of nitrogens with zero attached hydrogens (tertiary/aromatic N) is 2. The lowest BCUT2D eigenvalue weighted by Crippen LogP contribution is -2.19. The number of hydrogen-bond acceptors (Lipinski definition) is 5. The van der Waals surface area contributed by atoms with E-state index in [0.29, 0.717) is 28.8 Å². The number of rotatable bonds is 7. The largest absolute Gasteiger partial charge is 0.492 e. The summed E-state index contributed by atoms with van der Waals surface area (Å²) in [5.74, 6) is 0.545. The smallest absolute Gasteiger partial charge is 0.272 e. The first-order valence-corrected chi connectivity index (χ1v) is 8.66. The molecule has 0 aliphatic carbocycles. The lowest BCUT2D eigenvalue weighted by Gasteiger charge is -2.11. The highest BCUT2D eigenvalue weighted by Gasteiger charge is 2.11. The van der Waals surface area contributed by atoms with Crippen LogP contribution in [0.2, 0.25) is 0 Å². The molecular weight excluding hydrogens is 344 g/mol. The summed E-state index contributed by atoms with van der Waals surface area (Å²) in [7, 11) is 3.98. The predicted octanol–water partition coefficient (Wildman–Crippen LogP) is 2.04. The monoisotopic (exact) mass is 366 g/mol. The van der Waals surface area contributed by atoms with Gasteiger partial charge in [-0.25, -0.2) is 5.10 Å². The topological polar surface area (TPSA) is 87.3 Å². The van der Waals surface area contributed by atoms with Gasteiger partial charge in [0.2, 0.25) is 5.91 Å². The molecule has 1 aromatic heterocycles. The molecule has 2 aromatic carbocycles. The average molecular weight is 366 g/mol. The van der Waals surface area contributed by atoms with Gasteiger partial charge >= 0.3 is 0 Å². The van der Waals surface area contributed by atoms with Gasteiger partial charge in [0.05, 0.1) is 17.5 Å². The summed E-state index contributed by atoms with van der Waals surface area (Å²) in [4.78, 5) is 26.2. The van der Waals surface area contributed by atoms with E-state index in [1.54, 1.807) is 30.3 Å². The van der Waals surface area contributed by atoms with Gasteiger partial charge in [0, 0.05) is 17.6 Å². The Kier molecular flexibility index (Phi) is 5.83. The fraction of sp³-hybridized carbons (Fsp3) is 0.250. The predicted molar refractivity (Wildman–Crippen MR) is 105 cm³/mol. The molecular formula is C20H22N4O3. The van der Waals surface area contributed by atoms with E-state index in [4.69, 9.17) is 4.74 Å². The average Bonchev–Trinajstić information content (AvgIpc) is 2.65. The summed E-state index contributed by atoms with van der Waals surface area (Å²) >= 11 is 0. The van der Waals surface area contributed by atoms with Crippen molar-refractivity contribution in [2.45, 2.75) is 6.42 Å². The molecule has 0 spiro atoms. The number of amides is 1. The van der Waals surface area contributed by atoms with Crippen LogP contribution in [0.25, 0.3) is 10.8 Å². The number of ether oxygens (including phenoxy) is 1. The van der Waals surface area contributed by atoms with Crippen LogP contribution in [0.5, 0.6) is 5.75 Å². The maximum absolute atomic E-state index is 12.4. The van der Waals surface area contributed by atoms with E-state index in [2.05, 4.69) is 15.5 Å². The molecule has 7 heteroatoms. The number of aromatic nitrogens is 2. The van der Waals surface area contributed by atoms with Gasteiger partial charge in [0.25, 0.3) is 5.56 Å². The summed E-state index contributed by atoms with van der Waals surface area (Å²) in [6, 6.07) is 14.3. The fourth-order valence-corrected chi connectivity index (χ4v) is 2.64. The SMILES string of the molecule is CN(C)CCOc1ccc(NC(=O)Cc2n[nH]c(=O)c3ccccc23)cc1. The summed E-state index contributed by atoms with van der Waals surface area (Å²) in [6.45, 7) is 1.43. The van der Waals surface area contributed by atoms with E-state index < -0.39 is 0 Å². The summed E-state index contributed by atoms with van der Waals surface area (Å²) < 4.78 is 5.63. The molecule has 0 saturated carbocycles. The van der Waals surface area contributed by atoms with Crippen molar-refractivity contribution in [3.05, 3.63) is 64.6 Å². The van der Waals surface area contributed by atoms with E-state index in [1.165, 1.54) is 0 Å². The summed E-state index contributed by atoms with van der Waals surface area (Å²) in [5.41, 5.74) is 0.944. The number of hydrogen-bond donors (Lipinski definition) is 2. The molecule has 2 N–H and O–H groups in total. The molecule has 0 unspecified atom stereocenters. The van der Waals surface area contributed by atoms with Crippen LogP contribution in [0.4, 0.5) is 5.69 Å². The van der Waals surface area contributed by atoms with Gasteiger partial charge < -0.3 is 15.0 Å². The van der Waals surface area contributed by atoms with Crippen molar-refractivity contribution in [2.75, 3.05) is 32.6 Å². The number of carbonyl (C=O) groups is 1. The Labute approximate surface area is 157 Å². The van der Waals surface area contributed by atoms with Crippen LogP contribution in [0.3, 0.4) is 0 Å². The van der Waals surface area contributed by atoms with E-state index in [0.717, 1.165) is 12.3 Å². The zero-order valence-electron chi connectivity index (χ0n) is 15.4. The van der Waals surface area contributed by atoms with Gasteiger partial charge in [-0.05, 0) is 44.4 Å². The second kappa shape index (κ2) is 8.46. The maximum atomic E-state index is 12.4. The molecule has 0 bridgehead atoms. The third-order valence-electron chi connectivity index (χ3n) is 4.05. The molecule has 0 aliphatic heterocycles. The summed E-state index contributed by atoms with van der Waals surface area (Å²) in [6.07, 6.45) is 0.0678. The number of aromatic amines is 1. The van der Waals surface area contributed by atoms with Crippen molar-refractivity contribution in [2.24, 2.45) is 0 Å². The molecule has 27 heavy (non-hydrogen) atoms. The second-order valence-corrected chi connectivity index (χ2v) is 6.45. The van der Waals surface area contributed by atoms with Crippen molar-refractivity contribution in [1.29, 1.82) is 0 Å². The highest BCUT2D eigenvalue weighted by molar-refractivity contribution is 5.95. The van der Waals surface area contributed by atoms with E-state index in [9.17, 15) is 9.59 Å². The zero-order valence-corrected chi connectivity index (χ0v) is 15.4. The van der Waals surface area contributed by atoms with Crippen LogP contribution in [0.15, 0.2) is 53.3 Å². The maximum Gasteiger partial charge on any atom is 0.272 e. The minimum atomic E-state index is -0.264. The van der Waals surface area contributed by atoms with E-state index in [1.807, 2.05) is 37.2 Å². The minimum absolute atomic E-state index is 0.0678. The number of anilines is 1. The number of nitrogens with one attached hydrogen (secondary N) is 2. The van der Waals surface area contributed by atoms with Gasteiger partial charge in [-0.1, -0.05) is 18.2 Å². The van der Waals surface area contributed by atoms with Gasteiger partial charge in [-0.2, -0.15) is 5.10 Å². The lowest BCUT2D eigenvalue weighted by atomic mass is 10.1. The lowest BCUT2D eigenvalue weighted by molar-refractivity contribution is -0.115. The standard InChI is InChI=1S/C20H22N4O3/c1-24(2)11-12-27-15-9-7-14(8-10-15)21-19(25)13-18-16-5-3-4-6-17(16)20(26)23-22-18/h3-10H,11-13H2,1-2H3,(H,21,25)(H,23,26). The number of benzene rings is 2. The number of fused-ring (bicyclic) bond motifs is 1. The third-order valence-corrected chi connectivity index (χ3v) is 4.05. The Bertz CT molecular complexity index is 980. The highest BCUT2D eigenvalue weighted by Crippen LogP contribution is 2.17. The van der Waals surface area contributed by atoms with Gasteiger partial charge in [0.1, 0.15) is 12.4 Å². The molecule has 3 rings (SSSR count). The Hall–Kier alpha value is -3.19. The van der Waals surface area contributed by atoms with Gasteiger partial charge in [0.15, 0.2) is 0 Å². The molecule has 0 radical (unpaired) electrons. The van der Waals surface area contributed by atoms with Crippen molar-refractivity contribution in [1.82, 2.24) is 15.1 Å². The van der Waals surface area contributed by atoms with Crippen LogP contribution < -0.4 is 15.6 Å². The third kappa shape index (κ3) is 4.92. The fourth-order valence-electron chi connectivity index (χ4n) is 2.64. The molecule has 140 valence electrons. The molecule has 0 aliphatic rings. The number of H-pyrrole nitrogens is 1. The Morgan fingerprint density at radius 3 is 2.52 bits per heavy atom. The quantitative estimate of drug-likeness (QED) is 0.668. The number of likely N-dealkylation sites (N-methyl/N-ethyl adjacent to an activating group) is 1. The first kappa shape index (κ1) is 18.6.